The smallest absolute Gasteiger partial charge is 0.333 e. The molecule has 1 aliphatic carbocycles. The van der Waals surface area contributed by atoms with Crippen molar-refractivity contribution in [1.29, 1.82) is 0 Å². The number of rotatable bonds is 5. The van der Waals surface area contributed by atoms with Gasteiger partial charge in [0.15, 0.2) is 18.2 Å². The summed E-state index contributed by atoms with van der Waals surface area (Å²) in [4.78, 5) is 25.0. The number of aliphatic hydroxyl groups excluding tert-OH is 2. The van der Waals surface area contributed by atoms with Gasteiger partial charge in [0.05, 0.1) is 11.7 Å². The minimum atomic E-state index is -1.38. The largest absolute Gasteiger partial charge is 0.451 e. The van der Waals surface area contributed by atoms with Crippen LogP contribution in [0.1, 0.15) is 67.2 Å². The van der Waals surface area contributed by atoms with Gasteiger partial charge in [0, 0.05) is 12.0 Å². The van der Waals surface area contributed by atoms with E-state index in [0.29, 0.717) is 29.9 Å². The molecule has 0 amide bonds. The Labute approximate surface area is 197 Å². The predicted octanol–water partition coefficient (Wildman–Crippen LogP) is 3.63. The van der Waals surface area contributed by atoms with Crippen LogP contribution in [0.2, 0.25) is 0 Å². The minimum absolute atomic E-state index is 0.00250. The monoisotopic (exact) mass is 464 g/mol. The maximum Gasteiger partial charge on any atom is 0.333 e. The third-order valence-electron chi connectivity index (χ3n) is 6.74. The van der Waals surface area contributed by atoms with E-state index in [1.165, 1.54) is 0 Å². The van der Waals surface area contributed by atoms with Crippen molar-refractivity contribution in [1.82, 2.24) is 0 Å². The first-order chi connectivity index (χ1) is 15.4. The second-order valence-electron chi connectivity index (χ2n) is 9.80. The fourth-order valence-corrected chi connectivity index (χ4v) is 4.00. The van der Waals surface area contributed by atoms with Crippen molar-refractivity contribution in [3.8, 4) is 0 Å². The molecule has 33 heavy (non-hydrogen) atoms. The molecule has 2 rings (SSSR count). The van der Waals surface area contributed by atoms with E-state index in [9.17, 15) is 19.8 Å². The number of Topliss-reactive ketones (excluding diaryl/α,β-unsaturated/α-hetero) is 1. The molecule has 0 bridgehead atoms. The molecule has 1 heterocycles. The van der Waals surface area contributed by atoms with Crippen molar-refractivity contribution in [3.63, 3.8) is 0 Å². The number of carbonyl (C=O) groups excluding carboxylic acids is 2. The van der Waals surface area contributed by atoms with Gasteiger partial charge < -0.3 is 24.4 Å². The Balaban J connectivity index is 2.35. The maximum absolute atomic E-state index is 12.6. The standard InChI is InChI=1S/C26H40O7/c1-8-16(4)24(30)32-23-22(29)21(28)18(6)31-25(23)33-26(7)13-11-19(15(2)3)10-9-17(5)20(27)12-14-26/h8,11,13,15,18-19,21-23,25,28-29H,5,9-10,12,14H2,1-4,6-7H3/b13-11+,16-8-/t18-,19-,21+,22-,23+,25+,26-/m0/s1. The number of ketones is 1. The molecule has 0 spiro atoms. The lowest BCUT2D eigenvalue weighted by molar-refractivity contribution is -0.315. The van der Waals surface area contributed by atoms with Crippen LogP contribution in [0.3, 0.4) is 0 Å². The molecule has 7 atom stereocenters. The number of allylic oxidation sites excluding steroid dienone is 3. The average molecular weight is 465 g/mol. The van der Waals surface area contributed by atoms with E-state index < -0.39 is 42.3 Å². The van der Waals surface area contributed by atoms with Gasteiger partial charge in [0.1, 0.15) is 12.2 Å². The van der Waals surface area contributed by atoms with E-state index in [0.717, 1.165) is 6.42 Å². The summed E-state index contributed by atoms with van der Waals surface area (Å²) in [6.45, 7) is 15.0. The molecule has 1 fully saturated rings. The number of esters is 1. The highest BCUT2D eigenvalue weighted by Gasteiger charge is 2.48. The summed E-state index contributed by atoms with van der Waals surface area (Å²) in [5.41, 5.74) is 0.0587. The Morgan fingerprint density at radius 1 is 1.30 bits per heavy atom. The third kappa shape index (κ3) is 7.09. The second-order valence-corrected chi connectivity index (χ2v) is 9.80. The summed E-state index contributed by atoms with van der Waals surface area (Å²) in [5, 5.41) is 21.0. The van der Waals surface area contributed by atoms with Crippen LogP contribution in [0.15, 0.2) is 36.0 Å². The Morgan fingerprint density at radius 3 is 2.58 bits per heavy atom. The lowest BCUT2D eigenvalue weighted by atomic mass is 9.84. The van der Waals surface area contributed by atoms with Crippen LogP contribution in [0, 0.1) is 11.8 Å². The Hall–Kier alpha value is -1.80. The molecule has 1 aliphatic heterocycles. The lowest BCUT2D eigenvalue weighted by Crippen LogP contribution is -2.60. The highest BCUT2D eigenvalue weighted by atomic mass is 16.7. The van der Waals surface area contributed by atoms with Crippen molar-refractivity contribution in [2.75, 3.05) is 0 Å². The van der Waals surface area contributed by atoms with E-state index in [-0.39, 0.29) is 18.1 Å². The van der Waals surface area contributed by atoms with Crippen molar-refractivity contribution in [2.45, 2.75) is 104 Å². The average Bonchev–Trinajstić information content (AvgIpc) is 2.77. The summed E-state index contributed by atoms with van der Waals surface area (Å²) >= 11 is 0. The third-order valence-corrected chi connectivity index (χ3v) is 6.74. The van der Waals surface area contributed by atoms with E-state index in [2.05, 4.69) is 26.5 Å². The van der Waals surface area contributed by atoms with E-state index in [1.54, 1.807) is 26.8 Å². The first kappa shape index (κ1) is 27.4. The van der Waals surface area contributed by atoms with Gasteiger partial charge in [-0.2, -0.15) is 0 Å². The number of ether oxygens (including phenoxy) is 3. The zero-order valence-electron chi connectivity index (χ0n) is 20.7. The molecular formula is C26H40O7. The van der Waals surface area contributed by atoms with Crippen molar-refractivity contribution in [2.24, 2.45) is 11.8 Å². The van der Waals surface area contributed by atoms with Crippen LogP contribution in [0.5, 0.6) is 0 Å². The first-order valence-electron chi connectivity index (χ1n) is 11.8. The van der Waals surface area contributed by atoms with Crippen molar-refractivity contribution >= 4 is 11.8 Å². The lowest BCUT2D eigenvalue weighted by Gasteiger charge is -2.44. The molecule has 0 aromatic carbocycles. The highest BCUT2D eigenvalue weighted by molar-refractivity contribution is 5.94. The molecule has 0 aromatic rings. The van der Waals surface area contributed by atoms with Gasteiger partial charge >= 0.3 is 5.97 Å². The van der Waals surface area contributed by atoms with Gasteiger partial charge in [-0.05, 0) is 64.4 Å². The summed E-state index contributed by atoms with van der Waals surface area (Å²) in [7, 11) is 0. The summed E-state index contributed by atoms with van der Waals surface area (Å²) in [6.07, 6.45) is 2.04. The molecular weight excluding hydrogens is 424 g/mol. The van der Waals surface area contributed by atoms with Gasteiger partial charge in [-0.25, -0.2) is 4.79 Å². The van der Waals surface area contributed by atoms with Crippen LogP contribution < -0.4 is 0 Å². The summed E-state index contributed by atoms with van der Waals surface area (Å²) < 4.78 is 17.7. The van der Waals surface area contributed by atoms with Crippen LogP contribution in [0.25, 0.3) is 0 Å². The maximum atomic E-state index is 12.6. The zero-order chi connectivity index (χ0) is 24.9. The van der Waals surface area contributed by atoms with Gasteiger partial charge in [-0.3, -0.25) is 4.79 Å². The molecule has 186 valence electrons. The van der Waals surface area contributed by atoms with Crippen LogP contribution >= 0.6 is 0 Å². The van der Waals surface area contributed by atoms with Gasteiger partial charge in [0.25, 0.3) is 0 Å². The van der Waals surface area contributed by atoms with E-state index >= 15 is 0 Å². The normalized spacial score (nSPS) is 37.7. The Bertz CT molecular complexity index is 784. The van der Waals surface area contributed by atoms with Crippen molar-refractivity contribution < 1.29 is 34.0 Å². The van der Waals surface area contributed by atoms with Gasteiger partial charge in [0.2, 0.25) is 0 Å². The minimum Gasteiger partial charge on any atom is -0.451 e. The number of hydrogen-bond donors (Lipinski definition) is 2. The number of carbonyl (C=O) groups is 2. The fourth-order valence-electron chi connectivity index (χ4n) is 4.00. The van der Waals surface area contributed by atoms with Crippen LogP contribution in [-0.4, -0.2) is 58.3 Å². The van der Waals surface area contributed by atoms with Crippen LogP contribution in [0.4, 0.5) is 0 Å². The number of aliphatic hydroxyl groups is 2. The molecule has 0 aromatic heterocycles. The fraction of sp³-hybridized carbons (Fsp3) is 0.692. The van der Waals surface area contributed by atoms with E-state index in [4.69, 9.17) is 14.2 Å². The molecule has 2 aliphatic rings. The molecule has 2 N–H and O–H groups in total. The Morgan fingerprint density at radius 2 is 1.97 bits per heavy atom. The second kappa shape index (κ2) is 11.6. The van der Waals surface area contributed by atoms with Gasteiger partial charge in [-0.1, -0.05) is 38.7 Å². The zero-order valence-corrected chi connectivity index (χ0v) is 20.7. The molecule has 0 unspecified atom stereocenters. The number of hydrogen-bond acceptors (Lipinski definition) is 7. The van der Waals surface area contributed by atoms with Crippen molar-refractivity contribution in [3.05, 3.63) is 36.0 Å². The molecule has 0 saturated carbocycles. The predicted molar refractivity (Wildman–Crippen MR) is 125 cm³/mol. The SMILES string of the molecule is C=C1CC[C@H](C(C)C)/C=C/[C@](C)(O[C@H]2O[C@@H](C)[C@@H](O)[C@H](O)[C@H]2OC(=O)/C(C)=C\C)CCC1=O. The Kier molecular flexibility index (Phi) is 9.61. The topological polar surface area (TPSA) is 102 Å². The quantitative estimate of drug-likeness (QED) is 0.364. The summed E-state index contributed by atoms with van der Waals surface area (Å²) in [6, 6.07) is 0. The summed E-state index contributed by atoms with van der Waals surface area (Å²) in [5.74, 6) is -0.0189. The van der Waals surface area contributed by atoms with Gasteiger partial charge in [-0.15, -0.1) is 0 Å². The van der Waals surface area contributed by atoms with E-state index in [1.807, 2.05) is 13.0 Å². The van der Waals surface area contributed by atoms with Crippen LogP contribution in [-0.2, 0) is 23.8 Å². The molecule has 7 heteroatoms. The molecule has 7 nitrogen and oxygen atoms in total. The molecule has 0 radical (unpaired) electrons. The molecule has 1 saturated heterocycles. The first-order valence-corrected chi connectivity index (χ1v) is 11.8. The highest BCUT2D eigenvalue weighted by Crippen LogP contribution is 2.33.